The molecule has 6 heteroatoms. The number of nitrogens with zero attached hydrogens (tertiary/aromatic N) is 2. The van der Waals surface area contributed by atoms with Crippen LogP contribution in [0.15, 0.2) is 42.6 Å². The molecule has 28 heavy (non-hydrogen) atoms. The fraction of sp³-hybridized carbons (Fsp3) is 0.455. The van der Waals surface area contributed by atoms with E-state index in [4.69, 9.17) is 10.7 Å². The van der Waals surface area contributed by atoms with Crippen molar-refractivity contribution in [2.75, 3.05) is 23.7 Å². The minimum atomic E-state index is 0.405. The lowest BCUT2D eigenvalue weighted by atomic mass is 10.1. The van der Waals surface area contributed by atoms with Gasteiger partial charge in [-0.3, -0.25) is 10.4 Å². The molecule has 0 spiro atoms. The first-order valence-electron chi connectivity index (χ1n) is 10.3. The van der Waals surface area contributed by atoms with Gasteiger partial charge in [-0.15, -0.1) is 4.52 Å². The molecule has 0 radical (unpaired) electrons. The van der Waals surface area contributed by atoms with Gasteiger partial charge in [0.2, 0.25) is 11.6 Å². The van der Waals surface area contributed by atoms with Gasteiger partial charge in [0.05, 0.1) is 18.2 Å². The van der Waals surface area contributed by atoms with Gasteiger partial charge in [0.25, 0.3) is 5.65 Å². The fourth-order valence-corrected chi connectivity index (χ4v) is 3.30. The van der Waals surface area contributed by atoms with Gasteiger partial charge in [-0.1, -0.05) is 62.0 Å². The second-order valence-corrected chi connectivity index (χ2v) is 7.54. The van der Waals surface area contributed by atoms with Crippen LogP contribution in [0.2, 0.25) is 0 Å². The van der Waals surface area contributed by atoms with E-state index in [9.17, 15) is 0 Å². The van der Waals surface area contributed by atoms with Crippen LogP contribution in [-0.4, -0.2) is 23.2 Å². The lowest BCUT2D eigenvalue weighted by molar-refractivity contribution is -0.564. The van der Waals surface area contributed by atoms with Crippen molar-refractivity contribution in [3.63, 3.8) is 0 Å². The second kappa shape index (κ2) is 10.1. The third-order valence-corrected chi connectivity index (χ3v) is 4.94. The summed E-state index contributed by atoms with van der Waals surface area (Å²) in [6.07, 6.45) is 6.68. The molecule has 0 unspecified atom stereocenters. The molecule has 0 aliphatic heterocycles. The van der Waals surface area contributed by atoms with Crippen LogP contribution in [0.25, 0.3) is 5.65 Å². The number of hydrogen-bond donors (Lipinski definition) is 4. The number of fused-ring (bicyclic) bond motifs is 1. The fourth-order valence-electron chi connectivity index (χ4n) is 3.30. The van der Waals surface area contributed by atoms with Crippen molar-refractivity contribution in [1.29, 1.82) is 0 Å². The second-order valence-electron chi connectivity index (χ2n) is 7.54. The smallest absolute Gasteiger partial charge is 0.292 e. The molecule has 0 aliphatic rings. The third kappa shape index (κ3) is 5.23. The van der Waals surface area contributed by atoms with Crippen LogP contribution in [0.5, 0.6) is 0 Å². The summed E-state index contributed by atoms with van der Waals surface area (Å²) in [5, 5.41) is 10.4. The molecule has 150 valence electrons. The average Bonchev–Trinajstić information content (AvgIpc) is 3.14. The molecule has 0 saturated heterocycles. The van der Waals surface area contributed by atoms with Crippen LogP contribution in [0.4, 0.5) is 11.6 Å². The van der Waals surface area contributed by atoms with Crippen molar-refractivity contribution in [3.05, 3.63) is 53.7 Å². The van der Waals surface area contributed by atoms with Gasteiger partial charge in [0.1, 0.15) is 0 Å². The van der Waals surface area contributed by atoms with E-state index in [1.54, 1.807) is 0 Å². The van der Waals surface area contributed by atoms with E-state index in [1.807, 2.05) is 10.6 Å². The number of nitrogens with one attached hydrogen (secondary N) is 3. The Balaban J connectivity index is 1.76. The van der Waals surface area contributed by atoms with E-state index in [2.05, 4.69) is 66.1 Å². The van der Waals surface area contributed by atoms with E-state index in [-0.39, 0.29) is 0 Å². The Hall–Kier alpha value is -2.60. The first kappa shape index (κ1) is 20.1. The minimum absolute atomic E-state index is 0.405. The molecule has 0 amide bonds. The van der Waals surface area contributed by atoms with Crippen LogP contribution in [0.1, 0.15) is 56.6 Å². The Kier molecular flexibility index (Phi) is 7.25. The molecule has 1 aromatic carbocycles. The normalized spacial score (nSPS) is 11.3. The standard InChI is InChI=1S/C22H32N6/c1-17(2)19-16-26-28-21(25-15-18-10-6-5-7-11-18)14-20(27-22(19)28)24-13-9-4-3-8-12-23/h5-7,10-11,14,16-17H,3-4,8-9,12-13,15,23H2,1-2H3,(H2,24,25,26,27)/p+1. The maximum absolute atomic E-state index is 5.56. The summed E-state index contributed by atoms with van der Waals surface area (Å²) < 4.78 is 2.03. The summed E-state index contributed by atoms with van der Waals surface area (Å²) >= 11 is 0. The molecule has 0 bridgehead atoms. The molecule has 2 heterocycles. The van der Waals surface area contributed by atoms with E-state index in [1.165, 1.54) is 24.0 Å². The Labute approximate surface area is 167 Å². The number of benzene rings is 1. The third-order valence-electron chi connectivity index (χ3n) is 4.94. The number of nitrogens with two attached hydrogens (primary N) is 1. The lowest BCUT2D eigenvalue weighted by Gasteiger charge is -2.07. The lowest BCUT2D eigenvalue weighted by Crippen LogP contribution is -2.30. The van der Waals surface area contributed by atoms with Crippen LogP contribution in [0, 0.1) is 0 Å². The highest BCUT2D eigenvalue weighted by molar-refractivity contribution is 5.53. The van der Waals surface area contributed by atoms with E-state index >= 15 is 0 Å². The van der Waals surface area contributed by atoms with E-state index < -0.39 is 0 Å². The number of aromatic nitrogens is 3. The quantitative estimate of drug-likeness (QED) is 0.301. The van der Waals surface area contributed by atoms with Gasteiger partial charge in [-0.05, 0) is 30.9 Å². The van der Waals surface area contributed by atoms with Crippen LogP contribution in [0.3, 0.4) is 0 Å². The molecular formula is C22H33N6+. The highest BCUT2D eigenvalue weighted by atomic mass is 15.3. The van der Waals surface area contributed by atoms with E-state index in [0.29, 0.717) is 5.92 Å². The van der Waals surface area contributed by atoms with Crippen molar-refractivity contribution in [2.45, 2.75) is 52.0 Å². The van der Waals surface area contributed by atoms with Gasteiger partial charge >= 0.3 is 0 Å². The minimum Gasteiger partial charge on any atom is -0.356 e. The van der Waals surface area contributed by atoms with Gasteiger partial charge in [-0.25, -0.2) is 0 Å². The SMILES string of the molecule is CC(C)c1c[nH][n+]2c(NCc3ccccc3)cc(NCCCCCCN)nc12. The summed E-state index contributed by atoms with van der Waals surface area (Å²) in [6.45, 7) is 6.86. The van der Waals surface area contributed by atoms with Crippen LogP contribution >= 0.6 is 0 Å². The predicted molar refractivity (Wildman–Crippen MR) is 116 cm³/mol. The van der Waals surface area contributed by atoms with Crippen molar-refractivity contribution >= 4 is 17.3 Å². The summed E-state index contributed by atoms with van der Waals surface area (Å²) in [5.74, 6) is 2.32. The molecule has 5 N–H and O–H groups in total. The van der Waals surface area contributed by atoms with Crippen LogP contribution in [-0.2, 0) is 6.54 Å². The first-order valence-corrected chi connectivity index (χ1v) is 10.3. The van der Waals surface area contributed by atoms with Crippen molar-refractivity contribution in [3.8, 4) is 0 Å². The first-order chi connectivity index (χ1) is 13.7. The zero-order valence-corrected chi connectivity index (χ0v) is 17.0. The van der Waals surface area contributed by atoms with E-state index in [0.717, 1.165) is 49.8 Å². The number of rotatable bonds is 11. The Morgan fingerprint density at radius 3 is 2.61 bits per heavy atom. The molecule has 3 aromatic rings. The molecule has 6 nitrogen and oxygen atoms in total. The molecule has 0 saturated carbocycles. The molecule has 0 atom stereocenters. The number of anilines is 2. The summed E-state index contributed by atoms with van der Waals surface area (Å²) in [7, 11) is 0. The van der Waals surface area contributed by atoms with Crippen molar-refractivity contribution in [1.82, 2.24) is 10.1 Å². The number of aromatic amines is 1. The number of hydrogen-bond acceptors (Lipinski definition) is 4. The highest BCUT2D eigenvalue weighted by Gasteiger charge is 2.19. The molecule has 0 fully saturated rings. The zero-order chi connectivity index (χ0) is 19.8. The van der Waals surface area contributed by atoms with Crippen LogP contribution < -0.4 is 20.9 Å². The summed E-state index contributed by atoms with van der Waals surface area (Å²) in [6, 6.07) is 12.5. The topological polar surface area (TPSA) is 82.9 Å². The van der Waals surface area contributed by atoms with Crippen molar-refractivity contribution < 1.29 is 4.52 Å². The van der Waals surface area contributed by atoms with Crippen molar-refractivity contribution in [2.24, 2.45) is 5.73 Å². The Morgan fingerprint density at radius 1 is 1.07 bits per heavy atom. The molecule has 2 aromatic heterocycles. The van der Waals surface area contributed by atoms with Gasteiger partial charge in [-0.2, -0.15) is 0 Å². The number of H-pyrrole nitrogens is 1. The monoisotopic (exact) mass is 381 g/mol. The maximum atomic E-state index is 5.56. The zero-order valence-electron chi connectivity index (χ0n) is 17.0. The molecular weight excluding hydrogens is 348 g/mol. The average molecular weight is 382 g/mol. The number of unbranched alkanes of at least 4 members (excludes halogenated alkanes) is 3. The predicted octanol–water partition coefficient (Wildman–Crippen LogP) is 3.81. The van der Waals surface area contributed by atoms with Gasteiger partial charge < -0.3 is 11.1 Å². The maximum Gasteiger partial charge on any atom is 0.292 e. The van der Waals surface area contributed by atoms with Gasteiger partial charge in [0, 0.05) is 12.7 Å². The highest BCUT2D eigenvalue weighted by Crippen LogP contribution is 2.20. The summed E-state index contributed by atoms with van der Waals surface area (Å²) in [5.41, 5.74) is 9.00. The van der Waals surface area contributed by atoms with Gasteiger partial charge in [0.15, 0.2) is 0 Å². The Morgan fingerprint density at radius 2 is 1.86 bits per heavy atom. The molecule has 0 aliphatic carbocycles. The molecule has 3 rings (SSSR count). The summed E-state index contributed by atoms with van der Waals surface area (Å²) in [4.78, 5) is 4.87. The Bertz CT molecular complexity index is 856. The largest absolute Gasteiger partial charge is 0.356 e.